The molecule has 1 heterocycles. The van der Waals surface area contributed by atoms with Crippen LogP contribution >= 0.6 is 0 Å². The quantitative estimate of drug-likeness (QED) is 0.722. The van der Waals surface area contributed by atoms with Gasteiger partial charge in [0.2, 0.25) is 5.91 Å². The number of nitrogens with zero attached hydrogens (tertiary/aromatic N) is 2. The van der Waals surface area contributed by atoms with Gasteiger partial charge in [0.05, 0.1) is 20.1 Å². The summed E-state index contributed by atoms with van der Waals surface area (Å²) in [6, 6.07) is 13.2. The Morgan fingerprint density at radius 1 is 1.16 bits per heavy atom. The van der Waals surface area contributed by atoms with E-state index in [4.69, 9.17) is 4.74 Å². The van der Waals surface area contributed by atoms with Crippen molar-refractivity contribution in [2.75, 3.05) is 7.11 Å². The van der Waals surface area contributed by atoms with Gasteiger partial charge >= 0.3 is 0 Å². The number of hydrogen-bond acceptors (Lipinski definition) is 4. The third-order valence-electron chi connectivity index (χ3n) is 3.61. The van der Waals surface area contributed by atoms with Crippen LogP contribution < -0.4 is 10.1 Å². The van der Waals surface area contributed by atoms with Crippen LogP contribution in [0.4, 0.5) is 4.39 Å². The smallest absolute Gasteiger partial charge is 0.224 e. The number of aromatic amines is 1. The van der Waals surface area contributed by atoms with Crippen molar-refractivity contribution in [3.63, 3.8) is 0 Å². The minimum Gasteiger partial charge on any atom is -0.497 e. The number of benzene rings is 2. The number of hydrogen-bond donors (Lipinski definition) is 2. The molecule has 0 fully saturated rings. The van der Waals surface area contributed by atoms with E-state index in [1.165, 1.54) is 12.1 Å². The van der Waals surface area contributed by atoms with Crippen molar-refractivity contribution in [2.24, 2.45) is 0 Å². The molecule has 0 aliphatic rings. The highest BCUT2D eigenvalue weighted by Crippen LogP contribution is 2.15. The topological polar surface area (TPSA) is 79.9 Å². The number of halogens is 1. The van der Waals surface area contributed by atoms with Crippen molar-refractivity contribution < 1.29 is 13.9 Å². The summed E-state index contributed by atoms with van der Waals surface area (Å²) in [4.78, 5) is 16.3. The molecule has 1 amide bonds. The Morgan fingerprint density at radius 2 is 1.88 bits per heavy atom. The molecule has 0 saturated heterocycles. The van der Waals surface area contributed by atoms with E-state index in [1.807, 2.05) is 24.3 Å². The molecule has 2 aromatic carbocycles. The summed E-state index contributed by atoms with van der Waals surface area (Å²) >= 11 is 0. The van der Waals surface area contributed by atoms with E-state index < -0.39 is 0 Å². The molecule has 0 aliphatic heterocycles. The molecule has 0 radical (unpaired) electrons. The maximum absolute atomic E-state index is 12.9. The van der Waals surface area contributed by atoms with Crippen LogP contribution in [0.2, 0.25) is 0 Å². The second-order valence-corrected chi connectivity index (χ2v) is 5.41. The van der Waals surface area contributed by atoms with Gasteiger partial charge in [-0.1, -0.05) is 12.1 Å². The molecule has 25 heavy (non-hydrogen) atoms. The van der Waals surface area contributed by atoms with Crippen LogP contribution in [-0.4, -0.2) is 28.2 Å². The molecule has 0 aliphatic carbocycles. The average molecular weight is 340 g/mol. The number of carbonyl (C=O) groups is 1. The predicted octanol–water partition coefficient (Wildman–Crippen LogP) is 2.48. The molecule has 128 valence electrons. The fourth-order valence-electron chi connectivity index (χ4n) is 2.28. The molecule has 0 bridgehead atoms. The SMILES string of the molecule is COc1ccc(CC(=O)NCc2nc(-c3ccc(F)cc3)n[nH]2)cc1. The van der Waals surface area contributed by atoms with Crippen molar-refractivity contribution in [3.8, 4) is 17.1 Å². The zero-order valence-corrected chi connectivity index (χ0v) is 13.6. The van der Waals surface area contributed by atoms with Gasteiger partial charge in [-0.15, -0.1) is 0 Å². The summed E-state index contributed by atoms with van der Waals surface area (Å²) in [5.74, 6) is 1.30. The number of aromatic nitrogens is 3. The van der Waals surface area contributed by atoms with Gasteiger partial charge in [-0.05, 0) is 42.0 Å². The zero-order valence-electron chi connectivity index (χ0n) is 13.6. The number of ether oxygens (including phenoxy) is 1. The van der Waals surface area contributed by atoms with E-state index in [9.17, 15) is 9.18 Å². The molecule has 0 spiro atoms. The maximum atomic E-state index is 12.9. The molecule has 0 saturated carbocycles. The van der Waals surface area contributed by atoms with Crippen molar-refractivity contribution in [2.45, 2.75) is 13.0 Å². The maximum Gasteiger partial charge on any atom is 0.224 e. The predicted molar refractivity (Wildman–Crippen MR) is 90.3 cm³/mol. The van der Waals surface area contributed by atoms with Gasteiger partial charge in [-0.3, -0.25) is 9.89 Å². The minimum absolute atomic E-state index is 0.120. The van der Waals surface area contributed by atoms with E-state index >= 15 is 0 Å². The van der Waals surface area contributed by atoms with Crippen LogP contribution in [-0.2, 0) is 17.8 Å². The Bertz CT molecular complexity index is 844. The van der Waals surface area contributed by atoms with Crippen LogP contribution in [0, 0.1) is 5.82 Å². The Balaban J connectivity index is 1.54. The number of nitrogens with one attached hydrogen (secondary N) is 2. The van der Waals surface area contributed by atoms with E-state index in [1.54, 1.807) is 19.2 Å². The van der Waals surface area contributed by atoms with Gasteiger partial charge in [0.25, 0.3) is 0 Å². The molecule has 0 atom stereocenters. The van der Waals surface area contributed by atoms with Crippen molar-refractivity contribution in [3.05, 3.63) is 65.7 Å². The lowest BCUT2D eigenvalue weighted by atomic mass is 10.1. The fraction of sp³-hybridized carbons (Fsp3) is 0.167. The van der Waals surface area contributed by atoms with Crippen LogP contribution in [0.15, 0.2) is 48.5 Å². The third-order valence-corrected chi connectivity index (χ3v) is 3.61. The minimum atomic E-state index is -0.315. The van der Waals surface area contributed by atoms with E-state index in [0.29, 0.717) is 17.2 Å². The first-order valence-electron chi connectivity index (χ1n) is 7.71. The number of carbonyl (C=O) groups excluding carboxylic acids is 1. The number of rotatable bonds is 6. The highest BCUT2D eigenvalue weighted by atomic mass is 19.1. The van der Waals surface area contributed by atoms with Crippen molar-refractivity contribution in [1.29, 1.82) is 0 Å². The fourth-order valence-corrected chi connectivity index (χ4v) is 2.28. The Labute approximate surface area is 144 Å². The largest absolute Gasteiger partial charge is 0.497 e. The first kappa shape index (κ1) is 16.6. The molecule has 3 rings (SSSR count). The van der Waals surface area contributed by atoms with E-state index in [0.717, 1.165) is 11.3 Å². The average Bonchev–Trinajstić information content (AvgIpc) is 3.10. The lowest BCUT2D eigenvalue weighted by Crippen LogP contribution is -2.25. The van der Waals surface area contributed by atoms with Crippen LogP contribution in [0.3, 0.4) is 0 Å². The highest BCUT2D eigenvalue weighted by Gasteiger charge is 2.08. The first-order chi connectivity index (χ1) is 12.1. The first-order valence-corrected chi connectivity index (χ1v) is 7.71. The monoisotopic (exact) mass is 340 g/mol. The molecule has 2 N–H and O–H groups in total. The van der Waals surface area contributed by atoms with Gasteiger partial charge in [0, 0.05) is 5.56 Å². The van der Waals surface area contributed by atoms with Gasteiger partial charge in [-0.25, -0.2) is 9.37 Å². The van der Waals surface area contributed by atoms with E-state index in [2.05, 4.69) is 20.5 Å². The van der Waals surface area contributed by atoms with Gasteiger partial charge in [-0.2, -0.15) is 5.10 Å². The Hall–Kier alpha value is -3.22. The van der Waals surface area contributed by atoms with Crippen LogP contribution in [0.5, 0.6) is 5.75 Å². The second-order valence-electron chi connectivity index (χ2n) is 5.41. The van der Waals surface area contributed by atoms with Crippen LogP contribution in [0.25, 0.3) is 11.4 Å². The zero-order chi connectivity index (χ0) is 17.6. The van der Waals surface area contributed by atoms with Gasteiger partial charge in [0.1, 0.15) is 17.4 Å². The van der Waals surface area contributed by atoms with Gasteiger partial charge in [0.15, 0.2) is 5.82 Å². The van der Waals surface area contributed by atoms with Crippen molar-refractivity contribution in [1.82, 2.24) is 20.5 Å². The second kappa shape index (κ2) is 7.57. The summed E-state index contributed by atoms with van der Waals surface area (Å²) in [5.41, 5.74) is 1.59. The molecular weight excluding hydrogens is 323 g/mol. The summed E-state index contributed by atoms with van der Waals surface area (Å²) in [6.07, 6.45) is 0.267. The number of methoxy groups -OCH3 is 1. The summed E-state index contributed by atoms with van der Waals surface area (Å²) in [6.45, 7) is 0.239. The standard InChI is InChI=1S/C18H17FN4O2/c1-25-15-8-2-12(3-9-15)10-17(24)20-11-16-21-18(23-22-16)13-4-6-14(19)7-5-13/h2-9H,10-11H2,1H3,(H,20,24)(H,21,22,23). The third kappa shape index (κ3) is 4.41. The normalized spacial score (nSPS) is 10.5. The molecule has 1 aromatic heterocycles. The van der Waals surface area contributed by atoms with Crippen molar-refractivity contribution >= 4 is 5.91 Å². The molecule has 7 heteroatoms. The lowest BCUT2D eigenvalue weighted by molar-refractivity contribution is -0.120. The Kier molecular flexibility index (Phi) is 5.03. The Morgan fingerprint density at radius 3 is 2.56 bits per heavy atom. The summed E-state index contributed by atoms with van der Waals surface area (Å²) in [7, 11) is 1.60. The summed E-state index contributed by atoms with van der Waals surface area (Å²) in [5, 5.41) is 9.63. The van der Waals surface area contributed by atoms with Gasteiger partial charge < -0.3 is 10.1 Å². The molecule has 0 unspecified atom stereocenters. The molecule has 6 nitrogen and oxygen atoms in total. The van der Waals surface area contributed by atoms with E-state index in [-0.39, 0.29) is 24.7 Å². The number of H-pyrrole nitrogens is 1. The molecule has 3 aromatic rings. The highest BCUT2D eigenvalue weighted by molar-refractivity contribution is 5.78. The summed E-state index contributed by atoms with van der Waals surface area (Å²) < 4.78 is 18.0. The lowest BCUT2D eigenvalue weighted by Gasteiger charge is -2.04. The van der Waals surface area contributed by atoms with Crippen LogP contribution in [0.1, 0.15) is 11.4 Å². The number of amides is 1. The molecular formula is C18H17FN4O2.